The van der Waals surface area contributed by atoms with Crippen molar-refractivity contribution in [3.8, 4) is 0 Å². The van der Waals surface area contributed by atoms with Gasteiger partial charge in [0.2, 0.25) is 0 Å². The van der Waals surface area contributed by atoms with Gasteiger partial charge in [0, 0.05) is 23.7 Å². The van der Waals surface area contributed by atoms with Crippen LogP contribution < -0.4 is 0 Å². The lowest BCUT2D eigenvalue weighted by Gasteiger charge is -2.61. The summed E-state index contributed by atoms with van der Waals surface area (Å²) in [6.07, 6.45) is 42.1. The summed E-state index contributed by atoms with van der Waals surface area (Å²) in [7, 11) is 0. The SMILES string of the molecule is CCc1ccc2c(c1)nnn2CC(=O)[C@H]1CC[C@H]2[C@@H]3CC[C@H]4C[C@](C)(O)CC[C@]4(C)[C@H]3CC[C@]12C.Cc1ccc2c(c1)nnn2CC(=O)[C@H]1CC[C@H]2[C@@H]3CC[C@H]4C[C@](C)(O)CC[C@]4(C)[C@H]3CC[C@]12C.Cc1ccc2nn(CC(=O)[C@H]3CC[C@H]4[C@@H]5CC[C@H]6C[C@](C)(O)CC[C@]6(C)[C@H]5CC[C@]34C)nc2c1.Cc1ccc2nnn(CC(=O)[C@H]3CC[C@H]4[C@@H]5CC[C@H]6C[C@](C)(O)CC[C@]6(C)[C@H]5CC[C@]34C)c2c1. The van der Waals surface area contributed by atoms with Crippen molar-refractivity contribution in [1.29, 1.82) is 0 Å². The molecule has 0 spiro atoms. The summed E-state index contributed by atoms with van der Waals surface area (Å²) in [5, 5.41) is 78.2. The number of hydrogen-bond donors (Lipinski definition) is 4. The number of fused-ring (bicyclic) bond motifs is 24. The molecule has 742 valence electrons. The van der Waals surface area contributed by atoms with Crippen molar-refractivity contribution in [2.45, 2.75) is 397 Å². The molecule has 16 aliphatic carbocycles. The standard InChI is InChI=1S/C30H43N3O2.3C29H41N3O2/c1-5-19-6-11-26-25(16-19)31-32-33(26)18-27(34)24-10-9-22-21-8-7-20-17-28(2,35)14-15-29(20,3)23(21)12-13-30(22,24)4;1-18-5-10-25-24(15-18)30-31-32(25)17-26(33)23-9-8-21-20-7-6-19-16-27(2,34)13-14-28(19,3)22(20)11-12-29(21,23)4;1-18-5-10-24-25(15-18)32(31-30-24)17-26(33)23-9-8-21-20-7-6-19-16-27(2,34)13-14-28(19,3)22(20)11-12-29(21,23)4;1-18-5-10-24-25(15-18)31-32(30-24)17-26(33)23-9-8-21-20-7-6-19-16-27(2,34)13-14-28(19,3)22(20)11-12-29(21,23)4/h6,11,16,20-24,35H,5,7-10,12-15,17-18H2,1-4H3;3*5,10,15,19-23,34H,6-9,11-14,16-17H2,1-4H3/t20-,21-,22-,23-,24+,28+,29-,30-;3*19-,20-,21-,22-,23+,27+,28-,29-/m0000/s1. The van der Waals surface area contributed by atoms with E-state index in [0.29, 0.717) is 118 Å². The summed E-state index contributed by atoms with van der Waals surface area (Å²) in [5.74, 6) is 13.2. The van der Waals surface area contributed by atoms with Crippen LogP contribution in [0.2, 0.25) is 0 Å². The van der Waals surface area contributed by atoms with Crippen LogP contribution >= 0.6 is 0 Å². The normalized spacial score (nSPS) is 43.6. The van der Waals surface area contributed by atoms with Gasteiger partial charge in [-0.3, -0.25) is 19.2 Å². The van der Waals surface area contributed by atoms with E-state index in [9.17, 15) is 39.6 Å². The van der Waals surface area contributed by atoms with Crippen LogP contribution in [-0.4, -0.2) is 126 Å². The summed E-state index contributed by atoms with van der Waals surface area (Å²) in [6.45, 7) is 37.8. The molecule has 16 fully saturated rings. The lowest BCUT2D eigenvalue weighted by Crippen LogP contribution is -2.55. The van der Waals surface area contributed by atoms with E-state index in [-0.39, 0.29) is 45.3 Å². The van der Waals surface area contributed by atoms with Crippen LogP contribution in [0, 0.1) is 182 Å². The van der Waals surface area contributed by atoms with E-state index in [1.54, 1.807) is 4.80 Å². The molecule has 4 N–H and O–H groups in total. The van der Waals surface area contributed by atoms with Gasteiger partial charge in [-0.1, -0.05) is 102 Å². The molecule has 32 atom stereocenters. The second-order valence-electron chi connectivity index (χ2n) is 53.1. The van der Waals surface area contributed by atoms with Crippen LogP contribution in [0.5, 0.6) is 0 Å². The molecule has 16 aliphatic rings. The van der Waals surface area contributed by atoms with Gasteiger partial charge in [-0.05, 0) is 495 Å². The van der Waals surface area contributed by atoms with Crippen LogP contribution in [0.25, 0.3) is 44.1 Å². The zero-order chi connectivity index (χ0) is 96.2. The Labute approximate surface area is 815 Å². The number of ketones is 4. The van der Waals surface area contributed by atoms with E-state index < -0.39 is 22.4 Å². The molecule has 4 aromatic carbocycles. The van der Waals surface area contributed by atoms with Crippen LogP contribution in [0.3, 0.4) is 0 Å². The Kier molecular flexibility index (Phi) is 24.5. The van der Waals surface area contributed by atoms with Crippen LogP contribution in [0.4, 0.5) is 0 Å². The highest BCUT2D eigenvalue weighted by Crippen LogP contribution is 2.74. The minimum Gasteiger partial charge on any atom is -0.390 e. The van der Waals surface area contributed by atoms with Crippen molar-refractivity contribution in [3.63, 3.8) is 0 Å². The number of aliphatic hydroxyl groups is 4. The predicted octanol–water partition coefficient (Wildman–Crippen LogP) is 23.1. The van der Waals surface area contributed by atoms with Crippen LogP contribution in [0.1, 0.15) is 343 Å². The first kappa shape index (κ1) is 96.1. The first-order chi connectivity index (χ1) is 64.9. The molecule has 0 aliphatic heterocycles. The van der Waals surface area contributed by atoms with Gasteiger partial charge in [0.15, 0.2) is 23.1 Å². The van der Waals surface area contributed by atoms with E-state index in [1.807, 2.05) is 84.2 Å². The largest absolute Gasteiger partial charge is 0.390 e. The van der Waals surface area contributed by atoms with E-state index in [1.165, 1.54) is 151 Å². The number of Topliss-reactive ketones (excluding diaryl/α,β-unsaturated/α-hetero) is 4. The van der Waals surface area contributed by atoms with Gasteiger partial charge in [-0.15, -0.1) is 15.3 Å². The van der Waals surface area contributed by atoms with Gasteiger partial charge in [0.25, 0.3) is 0 Å². The summed E-state index contributed by atoms with van der Waals surface area (Å²) in [6, 6.07) is 24.7. The second kappa shape index (κ2) is 34.9. The molecule has 16 saturated carbocycles. The highest BCUT2D eigenvalue weighted by atomic mass is 16.3. The summed E-state index contributed by atoms with van der Waals surface area (Å²) in [5.41, 5.74) is 12.1. The smallest absolute Gasteiger partial charge is 0.159 e. The maximum absolute atomic E-state index is 13.7. The average molecular weight is 1870 g/mol. The average Bonchev–Trinajstić information content (AvgIpc) is 1.63. The molecule has 20 heteroatoms. The predicted molar refractivity (Wildman–Crippen MR) is 537 cm³/mol. The highest BCUT2D eigenvalue weighted by molar-refractivity contribution is 5.87. The Hall–Kier alpha value is -7.00. The molecule has 8 aromatic rings. The van der Waals surface area contributed by atoms with Gasteiger partial charge < -0.3 is 20.4 Å². The number of carbonyl (C=O) groups is 4. The second-order valence-corrected chi connectivity index (χ2v) is 53.1. The Bertz CT molecular complexity index is 5900. The zero-order valence-corrected chi connectivity index (χ0v) is 86.3. The molecular weight excluding hydrogens is 1700 g/mol. The summed E-state index contributed by atoms with van der Waals surface area (Å²) < 4.78 is 5.48. The minimum atomic E-state index is -0.477. The Morgan fingerprint density at radius 2 is 0.584 bits per heavy atom. The fraction of sp³-hybridized carbons (Fsp3) is 0.761. The van der Waals surface area contributed by atoms with E-state index in [4.69, 9.17) is 0 Å². The van der Waals surface area contributed by atoms with Crippen molar-refractivity contribution >= 4 is 67.3 Å². The van der Waals surface area contributed by atoms with Crippen LogP contribution in [0.15, 0.2) is 72.8 Å². The van der Waals surface area contributed by atoms with Gasteiger partial charge in [-0.2, -0.15) is 15.0 Å². The number of carbonyl (C=O) groups excluding carboxylic acids is 4. The van der Waals surface area contributed by atoms with Crippen molar-refractivity contribution in [1.82, 2.24) is 60.0 Å². The number of aromatic nitrogens is 12. The molecule has 0 unspecified atom stereocenters. The topological polar surface area (TPSA) is 272 Å². The van der Waals surface area contributed by atoms with Crippen molar-refractivity contribution < 1.29 is 39.6 Å². The molecule has 4 heterocycles. The van der Waals surface area contributed by atoms with Gasteiger partial charge in [0.05, 0.1) is 39.0 Å². The van der Waals surface area contributed by atoms with Crippen molar-refractivity contribution in [2.75, 3.05) is 0 Å². The Morgan fingerprint density at radius 3 is 0.949 bits per heavy atom. The first-order valence-electron chi connectivity index (χ1n) is 55.2. The van der Waals surface area contributed by atoms with E-state index >= 15 is 0 Å². The first-order valence-corrected chi connectivity index (χ1v) is 55.2. The number of nitrogens with zero attached hydrogens (tertiary/aromatic N) is 12. The maximum Gasteiger partial charge on any atom is 0.159 e. The molecular formula is C117H166N12O8. The molecule has 137 heavy (non-hydrogen) atoms. The molecule has 0 bridgehead atoms. The molecule has 4 aromatic heterocycles. The third-order valence-electron chi connectivity index (χ3n) is 45.5. The highest BCUT2D eigenvalue weighted by Gasteiger charge is 2.68. The molecule has 0 saturated heterocycles. The van der Waals surface area contributed by atoms with Crippen molar-refractivity contribution in [2.24, 2.45) is 162 Å². The van der Waals surface area contributed by atoms with Gasteiger partial charge >= 0.3 is 0 Å². The summed E-state index contributed by atoms with van der Waals surface area (Å²) >= 11 is 0. The molecule has 20 nitrogen and oxygen atoms in total. The summed E-state index contributed by atoms with van der Waals surface area (Å²) in [4.78, 5) is 56.4. The lowest BCUT2D eigenvalue weighted by atomic mass is 9.44. The number of hydrogen-bond acceptors (Lipinski definition) is 16. The quantitative estimate of drug-likeness (QED) is 0.0835. The Morgan fingerprint density at radius 1 is 0.292 bits per heavy atom. The third kappa shape index (κ3) is 16.6. The number of aryl methyl sites for hydroxylation is 4. The van der Waals surface area contributed by atoms with Crippen LogP contribution in [-0.2, 0) is 51.8 Å². The fourth-order valence-corrected chi connectivity index (χ4v) is 37.7. The lowest BCUT2D eigenvalue weighted by molar-refractivity contribution is -0.151. The van der Waals surface area contributed by atoms with E-state index in [0.717, 1.165) is 201 Å². The zero-order valence-electron chi connectivity index (χ0n) is 86.3. The monoisotopic (exact) mass is 1870 g/mol. The minimum absolute atomic E-state index is 0.116. The van der Waals surface area contributed by atoms with E-state index in [2.05, 4.69) is 155 Å². The molecule has 0 amide bonds. The van der Waals surface area contributed by atoms with Gasteiger partial charge in [-0.25, -0.2) is 14.0 Å². The van der Waals surface area contributed by atoms with Gasteiger partial charge in [0.1, 0.15) is 53.8 Å². The van der Waals surface area contributed by atoms with Crippen molar-refractivity contribution in [3.05, 3.63) is 95.1 Å². The third-order valence-corrected chi connectivity index (χ3v) is 45.5. The number of rotatable bonds is 13. The molecule has 24 rings (SSSR count). The fourth-order valence-electron chi connectivity index (χ4n) is 37.7. The maximum atomic E-state index is 13.7. The molecule has 0 radical (unpaired) electrons. The Balaban J connectivity index is 0.000000109. The number of benzene rings is 4.